The Hall–Kier alpha value is -0.120. The van der Waals surface area contributed by atoms with Crippen LogP contribution in [0.15, 0.2) is 0 Å². The van der Waals surface area contributed by atoms with Crippen LogP contribution in [0.2, 0.25) is 0 Å². The zero-order valence-corrected chi connectivity index (χ0v) is 10.3. The van der Waals surface area contributed by atoms with Crippen molar-refractivity contribution in [3.05, 3.63) is 0 Å². The van der Waals surface area contributed by atoms with Gasteiger partial charge in [0.25, 0.3) is 0 Å². The highest BCUT2D eigenvalue weighted by Crippen LogP contribution is 2.23. The molecule has 3 heteroatoms. The fourth-order valence-corrected chi connectivity index (χ4v) is 2.08. The highest BCUT2D eigenvalue weighted by Gasteiger charge is 2.31. The van der Waals surface area contributed by atoms with E-state index < -0.39 is 0 Å². The number of ether oxygens (including phenoxy) is 2. The molecule has 0 aromatic rings. The monoisotopic (exact) mass is 215 g/mol. The fourth-order valence-electron chi connectivity index (χ4n) is 2.08. The van der Waals surface area contributed by atoms with Gasteiger partial charge in [-0.1, -0.05) is 13.8 Å². The van der Waals surface area contributed by atoms with Gasteiger partial charge in [-0.2, -0.15) is 0 Å². The average Bonchev–Trinajstić information content (AvgIpc) is 2.65. The van der Waals surface area contributed by atoms with Crippen molar-refractivity contribution >= 4 is 0 Å². The summed E-state index contributed by atoms with van der Waals surface area (Å²) < 4.78 is 11.3. The van der Waals surface area contributed by atoms with Crippen LogP contribution in [0.25, 0.3) is 0 Å². The second kappa shape index (κ2) is 7.20. The summed E-state index contributed by atoms with van der Waals surface area (Å²) in [6, 6.07) is 0.363. The lowest BCUT2D eigenvalue weighted by Crippen LogP contribution is -2.45. The van der Waals surface area contributed by atoms with Gasteiger partial charge in [-0.05, 0) is 32.2 Å². The molecule has 15 heavy (non-hydrogen) atoms. The molecule has 1 saturated heterocycles. The Morgan fingerprint density at radius 1 is 1.47 bits per heavy atom. The van der Waals surface area contributed by atoms with E-state index in [9.17, 15) is 0 Å². The molecule has 0 radical (unpaired) electrons. The lowest BCUT2D eigenvalue weighted by Gasteiger charge is -2.26. The summed E-state index contributed by atoms with van der Waals surface area (Å²) in [5, 5.41) is 3.53. The predicted molar refractivity (Wildman–Crippen MR) is 62.1 cm³/mol. The van der Waals surface area contributed by atoms with E-state index in [0.717, 1.165) is 32.8 Å². The first-order valence-electron chi connectivity index (χ1n) is 6.22. The zero-order valence-electron chi connectivity index (χ0n) is 10.3. The van der Waals surface area contributed by atoms with Crippen molar-refractivity contribution < 1.29 is 9.47 Å². The van der Waals surface area contributed by atoms with Crippen molar-refractivity contribution in [1.29, 1.82) is 0 Å². The minimum Gasteiger partial charge on any atom is -0.380 e. The van der Waals surface area contributed by atoms with Crippen molar-refractivity contribution in [3.8, 4) is 0 Å². The lowest BCUT2D eigenvalue weighted by molar-refractivity contribution is 0.0196. The highest BCUT2D eigenvalue weighted by molar-refractivity contribution is 4.84. The van der Waals surface area contributed by atoms with Gasteiger partial charge in [-0.3, -0.25) is 0 Å². The Bertz CT molecular complexity index is 156. The second-order valence-corrected chi connectivity index (χ2v) is 4.32. The molecule has 0 amide bonds. The molecule has 1 fully saturated rings. The summed E-state index contributed by atoms with van der Waals surface area (Å²) in [7, 11) is 0. The Labute approximate surface area is 93.5 Å². The highest BCUT2D eigenvalue weighted by atomic mass is 16.5. The van der Waals surface area contributed by atoms with Crippen LogP contribution in [0.5, 0.6) is 0 Å². The molecule has 3 unspecified atom stereocenters. The molecule has 0 saturated carbocycles. The first-order valence-corrected chi connectivity index (χ1v) is 6.22. The van der Waals surface area contributed by atoms with Crippen LogP contribution in [-0.4, -0.2) is 38.5 Å². The van der Waals surface area contributed by atoms with Crippen LogP contribution in [-0.2, 0) is 9.47 Å². The molecule has 3 nitrogen and oxygen atoms in total. The number of rotatable bonds is 7. The zero-order chi connectivity index (χ0) is 11.1. The molecule has 1 aliphatic rings. The first-order chi connectivity index (χ1) is 7.29. The standard InChI is InChI=1S/C12H25NO2/c1-4-7-13-11(9-14-5-2)12-10(3)6-8-15-12/h10-13H,4-9H2,1-3H3. The Morgan fingerprint density at radius 2 is 2.27 bits per heavy atom. The molecule has 0 aliphatic carbocycles. The van der Waals surface area contributed by atoms with Crippen LogP contribution in [0, 0.1) is 5.92 Å². The van der Waals surface area contributed by atoms with E-state index in [1.807, 2.05) is 6.92 Å². The molecule has 0 aromatic heterocycles. The molecule has 90 valence electrons. The third kappa shape index (κ3) is 4.09. The van der Waals surface area contributed by atoms with Crippen LogP contribution in [0.3, 0.4) is 0 Å². The van der Waals surface area contributed by atoms with E-state index in [2.05, 4.69) is 19.2 Å². The van der Waals surface area contributed by atoms with Crippen molar-refractivity contribution in [2.45, 2.75) is 45.8 Å². The molecule has 0 aromatic carbocycles. The largest absolute Gasteiger partial charge is 0.380 e. The minimum absolute atomic E-state index is 0.336. The van der Waals surface area contributed by atoms with E-state index in [-0.39, 0.29) is 0 Å². The van der Waals surface area contributed by atoms with Crippen LogP contribution < -0.4 is 5.32 Å². The SMILES string of the molecule is CCCNC(COCC)C1OCCC1C. The van der Waals surface area contributed by atoms with Gasteiger partial charge in [0, 0.05) is 13.2 Å². The van der Waals surface area contributed by atoms with Gasteiger partial charge < -0.3 is 14.8 Å². The molecule has 3 atom stereocenters. The third-order valence-corrected chi connectivity index (χ3v) is 3.00. The molecule has 1 heterocycles. The second-order valence-electron chi connectivity index (χ2n) is 4.32. The van der Waals surface area contributed by atoms with Crippen molar-refractivity contribution in [3.63, 3.8) is 0 Å². The topological polar surface area (TPSA) is 30.5 Å². The molecule has 1 rings (SSSR count). The Balaban J connectivity index is 2.38. The maximum atomic E-state index is 5.78. The van der Waals surface area contributed by atoms with E-state index in [1.165, 1.54) is 6.42 Å². The Kier molecular flexibility index (Phi) is 6.22. The summed E-state index contributed by atoms with van der Waals surface area (Å²) in [5.41, 5.74) is 0. The third-order valence-electron chi connectivity index (χ3n) is 3.00. The predicted octanol–water partition coefficient (Wildman–Crippen LogP) is 1.82. The minimum atomic E-state index is 0.336. The van der Waals surface area contributed by atoms with Gasteiger partial charge in [0.05, 0.1) is 18.8 Å². The van der Waals surface area contributed by atoms with E-state index in [4.69, 9.17) is 9.47 Å². The molecule has 0 bridgehead atoms. The van der Waals surface area contributed by atoms with Gasteiger partial charge in [0.1, 0.15) is 0 Å². The number of hydrogen-bond donors (Lipinski definition) is 1. The Morgan fingerprint density at radius 3 is 2.80 bits per heavy atom. The maximum absolute atomic E-state index is 5.78. The van der Waals surface area contributed by atoms with Gasteiger partial charge in [0.15, 0.2) is 0 Å². The normalized spacial score (nSPS) is 28.2. The molecular formula is C12H25NO2. The first kappa shape index (κ1) is 12.9. The van der Waals surface area contributed by atoms with Crippen molar-refractivity contribution in [2.24, 2.45) is 5.92 Å². The van der Waals surface area contributed by atoms with Gasteiger partial charge >= 0.3 is 0 Å². The quantitative estimate of drug-likeness (QED) is 0.702. The molecule has 1 N–H and O–H groups in total. The summed E-state index contributed by atoms with van der Waals surface area (Å²) in [5.74, 6) is 0.653. The van der Waals surface area contributed by atoms with Crippen molar-refractivity contribution in [1.82, 2.24) is 5.32 Å². The van der Waals surface area contributed by atoms with Crippen LogP contribution >= 0.6 is 0 Å². The number of hydrogen-bond acceptors (Lipinski definition) is 3. The van der Waals surface area contributed by atoms with E-state index in [0.29, 0.717) is 18.1 Å². The summed E-state index contributed by atoms with van der Waals surface area (Å²) in [6.45, 7) is 9.99. The number of nitrogens with one attached hydrogen (secondary N) is 1. The fraction of sp³-hybridized carbons (Fsp3) is 1.00. The van der Waals surface area contributed by atoms with Gasteiger partial charge in [-0.15, -0.1) is 0 Å². The smallest absolute Gasteiger partial charge is 0.0776 e. The van der Waals surface area contributed by atoms with Gasteiger partial charge in [0.2, 0.25) is 0 Å². The lowest BCUT2D eigenvalue weighted by atomic mass is 9.98. The summed E-state index contributed by atoms with van der Waals surface area (Å²) in [6.07, 6.45) is 2.67. The van der Waals surface area contributed by atoms with Gasteiger partial charge in [-0.25, -0.2) is 0 Å². The van der Waals surface area contributed by atoms with Crippen molar-refractivity contribution in [2.75, 3.05) is 26.4 Å². The summed E-state index contributed by atoms with van der Waals surface area (Å²) in [4.78, 5) is 0. The summed E-state index contributed by atoms with van der Waals surface area (Å²) >= 11 is 0. The molecular weight excluding hydrogens is 190 g/mol. The van der Waals surface area contributed by atoms with Crippen LogP contribution in [0.4, 0.5) is 0 Å². The maximum Gasteiger partial charge on any atom is 0.0776 e. The van der Waals surface area contributed by atoms with E-state index in [1.54, 1.807) is 0 Å². The molecule has 1 aliphatic heterocycles. The molecule has 0 spiro atoms. The van der Waals surface area contributed by atoms with Crippen LogP contribution in [0.1, 0.15) is 33.6 Å². The van der Waals surface area contributed by atoms with E-state index >= 15 is 0 Å². The average molecular weight is 215 g/mol.